The maximum absolute atomic E-state index is 13.6. The first-order chi connectivity index (χ1) is 14.0. The molecule has 0 bridgehead atoms. The summed E-state index contributed by atoms with van der Waals surface area (Å²) in [4.78, 5) is 32.7. The third-order valence-electron chi connectivity index (χ3n) is 5.01. The summed E-state index contributed by atoms with van der Waals surface area (Å²) in [5, 5.41) is 4.27. The Morgan fingerprint density at radius 1 is 1.24 bits per heavy atom. The fourth-order valence-electron chi connectivity index (χ4n) is 3.59. The molecule has 1 aliphatic rings. The van der Waals surface area contributed by atoms with Crippen LogP contribution < -0.4 is 10.9 Å². The van der Waals surface area contributed by atoms with Crippen molar-refractivity contribution in [1.82, 2.24) is 14.9 Å². The first-order valence-corrected chi connectivity index (χ1v) is 11.9. The number of carbonyl (C=O) groups is 1. The molecule has 5 nitrogen and oxygen atoms in total. The molecule has 4 rings (SSSR count). The second kappa shape index (κ2) is 8.71. The molecule has 0 aliphatic heterocycles. The molecule has 2 aromatic heterocycles. The normalized spacial score (nSPS) is 13.6. The predicted octanol–water partition coefficient (Wildman–Crippen LogP) is 4.19. The second-order valence-electron chi connectivity index (χ2n) is 7.75. The molecular weight excluding hydrogens is 402 g/mol. The average Bonchev–Trinajstić information content (AvgIpc) is 3.10. The van der Waals surface area contributed by atoms with Crippen molar-refractivity contribution in [2.45, 2.75) is 44.7 Å². The van der Waals surface area contributed by atoms with Gasteiger partial charge in [0.15, 0.2) is 5.16 Å². The Morgan fingerprint density at radius 2 is 2.00 bits per heavy atom. The molecule has 0 saturated carbocycles. The molecule has 2 heterocycles. The Balaban J connectivity index is 1.76. The minimum Gasteiger partial charge on any atom is -0.355 e. The zero-order valence-electron chi connectivity index (χ0n) is 16.7. The lowest BCUT2D eigenvalue weighted by Gasteiger charge is -2.14. The topological polar surface area (TPSA) is 64.0 Å². The molecule has 0 spiro atoms. The highest BCUT2D eigenvalue weighted by atomic mass is 32.2. The Bertz CT molecular complexity index is 1090. The molecule has 0 fully saturated rings. The molecule has 7 heteroatoms. The molecule has 29 heavy (non-hydrogen) atoms. The number of para-hydroxylation sites is 1. The van der Waals surface area contributed by atoms with Crippen molar-refractivity contribution in [3.05, 3.63) is 51.1 Å². The van der Waals surface area contributed by atoms with Crippen LogP contribution in [0.15, 0.2) is 40.3 Å². The summed E-state index contributed by atoms with van der Waals surface area (Å²) < 4.78 is 1.67. The van der Waals surface area contributed by atoms with E-state index in [1.807, 2.05) is 30.3 Å². The highest BCUT2D eigenvalue weighted by molar-refractivity contribution is 7.99. The maximum atomic E-state index is 13.6. The molecule has 0 radical (unpaired) electrons. The number of benzene rings is 1. The van der Waals surface area contributed by atoms with E-state index in [1.165, 1.54) is 28.6 Å². The quantitative estimate of drug-likeness (QED) is 0.473. The minimum absolute atomic E-state index is 0.0225. The summed E-state index contributed by atoms with van der Waals surface area (Å²) in [6, 6.07) is 9.59. The van der Waals surface area contributed by atoms with Crippen LogP contribution >= 0.6 is 23.1 Å². The van der Waals surface area contributed by atoms with Gasteiger partial charge in [-0.3, -0.25) is 14.2 Å². The van der Waals surface area contributed by atoms with Gasteiger partial charge in [0, 0.05) is 11.4 Å². The van der Waals surface area contributed by atoms with Gasteiger partial charge < -0.3 is 5.32 Å². The monoisotopic (exact) mass is 427 g/mol. The number of fused-ring (bicyclic) bond motifs is 3. The number of hydrogen-bond acceptors (Lipinski definition) is 5. The number of rotatable bonds is 6. The molecule has 3 aromatic rings. The Labute approximate surface area is 178 Å². The highest BCUT2D eigenvalue weighted by Gasteiger charge is 2.23. The lowest BCUT2D eigenvalue weighted by Crippen LogP contribution is -2.29. The Morgan fingerprint density at radius 3 is 2.76 bits per heavy atom. The van der Waals surface area contributed by atoms with E-state index in [0.29, 0.717) is 17.6 Å². The van der Waals surface area contributed by atoms with Gasteiger partial charge in [-0.25, -0.2) is 4.98 Å². The first-order valence-electron chi connectivity index (χ1n) is 10.1. The molecule has 152 valence electrons. The zero-order chi connectivity index (χ0) is 20.4. The van der Waals surface area contributed by atoms with Crippen LogP contribution in [0, 0.1) is 5.92 Å². The van der Waals surface area contributed by atoms with Gasteiger partial charge in [-0.1, -0.05) is 43.8 Å². The van der Waals surface area contributed by atoms with Crippen molar-refractivity contribution in [1.29, 1.82) is 0 Å². The van der Waals surface area contributed by atoms with Gasteiger partial charge in [0.1, 0.15) is 4.83 Å². The van der Waals surface area contributed by atoms with Crippen molar-refractivity contribution in [3.8, 4) is 5.69 Å². The van der Waals surface area contributed by atoms with Gasteiger partial charge in [-0.05, 0) is 49.3 Å². The van der Waals surface area contributed by atoms with Crippen molar-refractivity contribution in [2.24, 2.45) is 5.92 Å². The maximum Gasteiger partial charge on any atom is 0.267 e. The van der Waals surface area contributed by atoms with E-state index < -0.39 is 0 Å². The van der Waals surface area contributed by atoms with Crippen LogP contribution in [0.4, 0.5) is 0 Å². The van der Waals surface area contributed by atoms with Crippen LogP contribution in [0.1, 0.15) is 37.1 Å². The van der Waals surface area contributed by atoms with Crippen LogP contribution in [0.25, 0.3) is 15.9 Å². The van der Waals surface area contributed by atoms with E-state index in [1.54, 1.807) is 15.9 Å². The van der Waals surface area contributed by atoms with Gasteiger partial charge in [0.05, 0.1) is 16.8 Å². The van der Waals surface area contributed by atoms with Gasteiger partial charge in [0.2, 0.25) is 5.91 Å². The van der Waals surface area contributed by atoms with Crippen LogP contribution in [0.5, 0.6) is 0 Å². The number of aryl methyl sites for hydroxylation is 2. The lowest BCUT2D eigenvalue weighted by atomic mass is 9.97. The van der Waals surface area contributed by atoms with Crippen molar-refractivity contribution in [3.63, 3.8) is 0 Å². The van der Waals surface area contributed by atoms with Gasteiger partial charge in [0.25, 0.3) is 5.56 Å². The van der Waals surface area contributed by atoms with Crippen LogP contribution in [-0.2, 0) is 17.6 Å². The number of amides is 1. The van der Waals surface area contributed by atoms with Crippen LogP contribution in [0.2, 0.25) is 0 Å². The molecule has 1 aliphatic carbocycles. The number of thiophene rings is 1. The Hall–Kier alpha value is -2.12. The van der Waals surface area contributed by atoms with E-state index in [2.05, 4.69) is 19.2 Å². The molecule has 0 unspecified atom stereocenters. The van der Waals surface area contributed by atoms with Crippen molar-refractivity contribution >= 4 is 39.2 Å². The summed E-state index contributed by atoms with van der Waals surface area (Å²) in [5.41, 5.74) is 1.95. The number of hydrogen-bond donors (Lipinski definition) is 1. The number of nitrogens with one attached hydrogen (secondary N) is 1. The average molecular weight is 428 g/mol. The van der Waals surface area contributed by atoms with E-state index in [4.69, 9.17) is 4.98 Å². The van der Waals surface area contributed by atoms with Crippen LogP contribution in [-0.4, -0.2) is 27.8 Å². The molecule has 1 amide bonds. The number of thioether (sulfide) groups is 1. The summed E-state index contributed by atoms with van der Waals surface area (Å²) in [6.07, 6.45) is 4.27. The van der Waals surface area contributed by atoms with Crippen LogP contribution in [0.3, 0.4) is 0 Å². The highest BCUT2D eigenvalue weighted by Crippen LogP contribution is 2.35. The number of nitrogens with zero attached hydrogens (tertiary/aromatic N) is 2. The fraction of sp³-hybridized carbons (Fsp3) is 0.409. The van der Waals surface area contributed by atoms with Gasteiger partial charge >= 0.3 is 0 Å². The van der Waals surface area contributed by atoms with E-state index in [-0.39, 0.29) is 17.2 Å². The molecular formula is C22H25N3O2S2. The van der Waals surface area contributed by atoms with Crippen molar-refractivity contribution in [2.75, 3.05) is 12.3 Å². The predicted molar refractivity (Wildman–Crippen MR) is 120 cm³/mol. The molecule has 1 aromatic carbocycles. The van der Waals surface area contributed by atoms with E-state index in [9.17, 15) is 9.59 Å². The number of carbonyl (C=O) groups excluding carboxylic acids is 1. The fourth-order valence-corrected chi connectivity index (χ4v) is 5.73. The molecule has 0 atom stereocenters. The smallest absolute Gasteiger partial charge is 0.267 e. The van der Waals surface area contributed by atoms with Gasteiger partial charge in [-0.15, -0.1) is 11.3 Å². The number of aromatic nitrogens is 2. The Kier molecular flexibility index (Phi) is 6.06. The molecule has 1 N–H and O–H groups in total. The summed E-state index contributed by atoms with van der Waals surface area (Å²) in [6.45, 7) is 4.78. The third-order valence-corrected chi connectivity index (χ3v) is 7.14. The standard InChI is InChI=1S/C22H25N3O2S2/c1-14(2)12-23-18(26)13-28-22-24-20-19(16-10-6-7-11-17(16)29-20)21(27)25(22)15-8-4-3-5-9-15/h3-5,8-9,14H,6-7,10-13H2,1-2H3,(H,23,26). The first kappa shape index (κ1) is 20.2. The summed E-state index contributed by atoms with van der Waals surface area (Å²) >= 11 is 2.97. The largest absolute Gasteiger partial charge is 0.355 e. The van der Waals surface area contributed by atoms with Crippen molar-refractivity contribution < 1.29 is 4.79 Å². The van der Waals surface area contributed by atoms with E-state index >= 15 is 0 Å². The van der Waals surface area contributed by atoms with E-state index in [0.717, 1.165) is 35.2 Å². The summed E-state index contributed by atoms with van der Waals surface area (Å²) in [5.74, 6) is 0.601. The second-order valence-corrected chi connectivity index (χ2v) is 9.77. The zero-order valence-corrected chi connectivity index (χ0v) is 18.4. The SMILES string of the molecule is CC(C)CNC(=O)CSc1nc2sc3c(c2c(=O)n1-c1ccccc1)CCCC3. The summed E-state index contributed by atoms with van der Waals surface area (Å²) in [7, 11) is 0. The minimum atomic E-state index is -0.0388. The third kappa shape index (κ3) is 4.26. The van der Waals surface area contributed by atoms with Gasteiger partial charge in [-0.2, -0.15) is 0 Å². The lowest BCUT2D eigenvalue weighted by molar-refractivity contribution is -0.118. The molecule has 0 saturated heterocycles.